The second-order valence-electron chi connectivity index (χ2n) is 4.83. The Kier molecular flexibility index (Phi) is 5.21. The lowest BCUT2D eigenvalue weighted by Gasteiger charge is -2.28. The van der Waals surface area contributed by atoms with Crippen molar-refractivity contribution in [1.29, 1.82) is 10.5 Å². The molecule has 0 spiro atoms. The van der Waals surface area contributed by atoms with Gasteiger partial charge in [-0.1, -0.05) is 26.0 Å². The predicted octanol–water partition coefficient (Wildman–Crippen LogP) is 3.24. The highest BCUT2D eigenvalue weighted by atomic mass is 15.1. The summed E-state index contributed by atoms with van der Waals surface area (Å²) >= 11 is 0. The van der Waals surface area contributed by atoms with E-state index in [9.17, 15) is 5.26 Å². The molecular weight excluding hydrogens is 222 g/mol. The van der Waals surface area contributed by atoms with E-state index < -0.39 is 0 Å². The van der Waals surface area contributed by atoms with Crippen molar-refractivity contribution in [2.24, 2.45) is 5.92 Å². The maximum absolute atomic E-state index is 9.21. The van der Waals surface area contributed by atoms with Crippen LogP contribution < -0.4 is 4.90 Å². The molecule has 0 amide bonds. The highest BCUT2D eigenvalue weighted by Gasteiger charge is 2.14. The van der Waals surface area contributed by atoms with Crippen LogP contribution in [0.3, 0.4) is 0 Å². The predicted molar refractivity (Wildman–Crippen MR) is 73.2 cm³/mol. The van der Waals surface area contributed by atoms with Crippen LogP contribution in [0.5, 0.6) is 0 Å². The zero-order chi connectivity index (χ0) is 13.5. The molecule has 0 aliphatic heterocycles. The number of rotatable bonds is 5. The second-order valence-corrected chi connectivity index (χ2v) is 4.83. The van der Waals surface area contributed by atoms with Crippen LogP contribution in [0.2, 0.25) is 0 Å². The Morgan fingerprint density at radius 1 is 1.28 bits per heavy atom. The minimum atomic E-state index is 0.478. The van der Waals surface area contributed by atoms with Gasteiger partial charge in [0.05, 0.1) is 23.7 Å². The Balaban J connectivity index is 3.12. The standard InChI is InChI=1S/C15H19N3/c1-12(2)11-18(9-5-8-16)15-13(3)6-4-7-14(15)10-17/h4,6-7,12H,5,9,11H2,1-3H3. The number of nitrogens with zero attached hydrogens (tertiary/aromatic N) is 3. The molecule has 0 saturated carbocycles. The molecule has 0 aliphatic rings. The van der Waals surface area contributed by atoms with Gasteiger partial charge in [0.15, 0.2) is 0 Å². The Labute approximate surface area is 109 Å². The minimum absolute atomic E-state index is 0.478. The molecule has 18 heavy (non-hydrogen) atoms. The molecule has 0 atom stereocenters. The molecule has 3 nitrogen and oxygen atoms in total. The number of benzene rings is 1. The van der Waals surface area contributed by atoms with E-state index in [1.807, 2.05) is 25.1 Å². The summed E-state index contributed by atoms with van der Waals surface area (Å²) < 4.78 is 0. The fourth-order valence-corrected chi connectivity index (χ4v) is 2.09. The van der Waals surface area contributed by atoms with E-state index in [1.54, 1.807) is 0 Å². The molecule has 1 rings (SSSR count). The SMILES string of the molecule is Cc1cccc(C#N)c1N(CCC#N)CC(C)C. The quantitative estimate of drug-likeness (QED) is 0.795. The maximum atomic E-state index is 9.21. The van der Waals surface area contributed by atoms with E-state index in [4.69, 9.17) is 5.26 Å². The van der Waals surface area contributed by atoms with Crippen LogP contribution in [0, 0.1) is 35.5 Å². The monoisotopic (exact) mass is 241 g/mol. The number of para-hydroxylation sites is 1. The Morgan fingerprint density at radius 3 is 2.56 bits per heavy atom. The summed E-state index contributed by atoms with van der Waals surface area (Å²) in [6.07, 6.45) is 0.478. The topological polar surface area (TPSA) is 50.8 Å². The first-order valence-electron chi connectivity index (χ1n) is 6.21. The first kappa shape index (κ1) is 14.1. The number of hydrogen-bond donors (Lipinski definition) is 0. The molecule has 94 valence electrons. The van der Waals surface area contributed by atoms with Gasteiger partial charge in [-0.2, -0.15) is 10.5 Å². The average Bonchev–Trinajstić information content (AvgIpc) is 2.34. The lowest BCUT2D eigenvalue weighted by Crippen LogP contribution is -2.30. The van der Waals surface area contributed by atoms with Gasteiger partial charge in [0.1, 0.15) is 6.07 Å². The molecule has 0 unspecified atom stereocenters. The van der Waals surface area contributed by atoms with Gasteiger partial charge in [-0.05, 0) is 24.5 Å². The van der Waals surface area contributed by atoms with Crippen molar-refractivity contribution in [3.63, 3.8) is 0 Å². The van der Waals surface area contributed by atoms with Crippen molar-refractivity contribution >= 4 is 5.69 Å². The third-order valence-corrected chi connectivity index (χ3v) is 2.75. The largest absolute Gasteiger partial charge is 0.369 e. The molecule has 3 heteroatoms. The summed E-state index contributed by atoms with van der Waals surface area (Å²) in [6, 6.07) is 10.2. The van der Waals surface area contributed by atoms with Crippen LogP contribution in [0.1, 0.15) is 31.4 Å². The van der Waals surface area contributed by atoms with Crippen LogP contribution in [0.4, 0.5) is 5.69 Å². The van der Waals surface area contributed by atoms with E-state index in [0.29, 0.717) is 24.4 Å². The van der Waals surface area contributed by atoms with Crippen molar-refractivity contribution in [2.45, 2.75) is 27.2 Å². The Hall–Kier alpha value is -2.00. The first-order valence-corrected chi connectivity index (χ1v) is 6.21. The van der Waals surface area contributed by atoms with Gasteiger partial charge < -0.3 is 4.90 Å². The molecular formula is C15H19N3. The normalized spacial score (nSPS) is 9.89. The average molecular weight is 241 g/mol. The maximum Gasteiger partial charge on any atom is 0.101 e. The van der Waals surface area contributed by atoms with Gasteiger partial charge in [0.25, 0.3) is 0 Å². The van der Waals surface area contributed by atoms with Crippen molar-refractivity contribution in [3.05, 3.63) is 29.3 Å². The number of aryl methyl sites for hydroxylation is 1. The molecule has 1 aromatic carbocycles. The summed E-state index contributed by atoms with van der Waals surface area (Å²) in [5, 5.41) is 18.0. The fourth-order valence-electron chi connectivity index (χ4n) is 2.09. The lowest BCUT2D eigenvalue weighted by molar-refractivity contribution is 0.611. The number of anilines is 1. The summed E-state index contributed by atoms with van der Waals surface area (Å²) in [6.45, 7) is 7.83. The molecule has 0 N–H and O–H groups in total. The summed E-state index contributed by atoms with van der Waals surface area (Å²) in [4.78, 5) is 2.15. The van der Waals surface area contributed by atoms with E-state index in [2.05, 4.69) is 30.9 Å². The minimum Gasteiger partial charge on any atom is -0.369 e. The van der Waals surface area contributed by atoms with Gasteiger partial charge in [-0.15, -0.1) is 0 Å². The van der Waals surface area contributed by atoms with E-state index >= 15 is 0 Å². The van der Waals surface area contributed by atoms with Gasteiger partial charge in [0.2, 0.25) is 0 Å². The molecule has 0 aliphatic carbocycles. The smallest absolute Gasteiger partial charge is 0.101 e. The summed E-state index contributed by atoms with van der Waals surface area (Å²) in [5.74, 6) is 0.495. The first-order chi connectivity index (χ1) is 8.60. The van der Waals surface area contributed by atoms with Crippen molar-refractivity contribution in [2.75, 3.05) is 18.0 Å². The molecule has 1 aromatic rings. The van der Waals surface area contributed by atoms with E-state index in [-0.39, 0.29) is 0 Å². The number of hydrogen-bond acceptors (Lipinski definition) is 3. The Morgan fingerprint density at radius 2 is 2.00 bits per heavy atom. The van der Waals surface area contributed by atoms with Crippen molar-refractivity contribution < 1.29 is 0 Å². The van der Waals surface area contributed by atoms with Crippen LogP contribution in [-0.2, 0) is 0 Å². The van der Waals surface area contributed by atoms with E-state index in [1.165, 1.54) is 0 Å². The van der Waals surface area contributed by atoms with Gasteiger partial charge in [0, 0.05) is 13.1 Å². The fraction of sp³-hybridized carbons (Fsp3) is 0.467. The lowest BCUT2D eigenvalue weighted by atomic mass is 10.1. The molecule has 0 fully saturated rings. The third kappa shape index (κ3) is 3.50. The molecule has 0 heterocycles. The van der Waals surface area contributed by atoms with Crippen LogP contribution >= 0.6 is 0 Å². The Bertz CT molecular complexity index is 477. The molecule has 0 aromatic heterocycles. The van der Waals surface area contributed by atoms with Crippen LogP contribution in [0.15, 0.2) is 18.2 Å². The van der Waals surface area contributed by atoms with E-state index in [0.717, 1.165) is 17.8 Å². The van der Waals surface area contributed by atoms with Gasteiger partial charge >= 0.3 is 0 Å². The molecule has 0 radical (unpaired) electrons. The third-order valence-electron chi connectivity index (χ3n) is 2.75. The summed E-state index contributed by atoms with van der Waals surface area (Å²) in [7, 11) is 0. The highest BCUT2D eigenvalue weighted by molar-refractivity contribution is 5.64. The molecule has 0 saturated heterocycles. The van der Waals surface area contributed by atoms with Crippen LogP contribution in [-0.4, -0.2) is 13.1 Å². The van der Waals surface area contributed by atoms with Gasteiger partial charge in [-0.3, -0.25) is 0 Å². The van der Waals surface area contributed by atoms with Gasteiger partial charge in [-0.25, -0.2) is 0 Å². The van der Waals surface area contributed by atoms with Crippen molar-refractivity contribution in [1.82, 2.24) is 0 Å². The summed E-state index contributed by atoms with van der Waals surface area (Å²) in [5.41, 5.74) is 2.75. The zero-order valence-electron chi connectivity index (χ0n) is 11.3. The highest BCUT2D eigenvalue weighted by Crippen LogP contribution is 2.25. The zero-order valence-corrected chi connectivity index (χ0v) is 11.3. The van der Waals surface area contributed by atoms with Crippen LogP contribution in [0.25, 0.3) is 0 Å². The second kappa shape index (κ2) is 6.67. The molecule has 0 bridgehead atoms. The van der Waals surface area contributed by atoms with Crippen molar-refractivity contribution in [3.8, 4) is 12.1 Å². The number of nitriles is 2.